The smallest absolute Gasteiger partial charge is 0.148 e. The zero-order valence-corrected chi connectivity index (χ0v) is 13.7. The second-order valence-corrected chi connectivity index (χ2v) is 6.11. The van der Waals surface area contributed by atoms with Gasteiger partial charge in [0.2, 0.25) is 0 Å². The van der Waals surface area contributed by atoms with Gasteiger partial charge in [0.05, 0.1) is 5.02 Å². The quantitative estimate of drug-likeness (QED) is 0.554. The molecule has 0 aliphatic heterocycles. The van der Waals surface area contributed by atoms with E-state index in [1.165, 1.54) is 0 Å². The molecule has 0 amide bonds. The summed E-state index contributed by atoms with van der Waals surface area (Å²) in [5.41, 5.74) is 3.65. The standard InChI is InChI=1S/C16H11Cl3N2/c1-8-3-4-9(2)14-13(8)15(20-21-16(14)19)11-6-5-10(17)7-12(11)18/h3-7H,1-2H3. The number of benzene rings is 2. The first-order valence-electron chi connectivity index (χ1n) is 6.36. The monoisotopic (exact) mass is 336 g/mol. The molecule has 21 heavy (non-hydrogen) atoms. The number of aryl methyl sites for hydroxylation is 2. The molecule has 0 bridgehead atoms. The van der Waals surface area contributed by atoms with Crippen molar-refractivity contribution in [2.24, 2.45) is 0 Å². The predicted molar refractivity (Wildman–Crippen MR) is 89.5 cm³/mol. The Bertz CT molecular complexity index is 852. The van der Waals surface area contributed by atoms with Gasteiger partial charge in [-0.3, -0.25) is 0 Å². The van der Waals surface area contributed by atoms with E-state index in [0.29, 0.717) is 15.2 Å². The lowest BCUT2D eigenvalue weighted by molar-refractivity contribution is 1.05. The Hall–Kier alpha value is -1.35. The van der Waals surface area contributed by atoms with Gasteiger partial charge in [0.25, 0.3) is 0 Å². The molecule has 0 unspecified atom stereocenters. The zero-order chi connectivity index (χ0) is 15.1. The first-order valence-corrected chi connectivity index (χ1v) is 7.50. The molecule has 3 rings (SSSR count). The van der Waals surface area contributed by atoms with Gasteiger partial charge in [-0.25, -0.2) is 0 Å². The third kappa shape index (κ3) is 2.48. The van der Waals surface area contributed by atoms with E-state index < -0.39 is 0 Å². The molecule has 0 spiro atoms. The molecule has 1 heterocycles. The predicted octanol–water partition coefficient (Wildman–Crippen LogP) is 5.87. The van der Waals surface area contributed by atoms with Crippen molar-refractivity contribution in [3.05, 3.63) is 56.7 Å². The van der Waals surface area contributed by atoms with Crippen LogP contribution >= 0.6 is 34.8 Å². The van der Waals surface area contributed by atoms with E-state index in [9.17, 15) is 0 Å². The molecule has 2 nitrogen and oxygen atoms in total. The summed E-state index contributed by atoms with van der Waals surface area (Å²) in [6, 6.07) is 9.41. The average Bonchev–Trinajstić information content (AvgIpc) is 2.44. The number of rotatable bonds is 1. The van der Waals surface area contributed by atoms with Gasteiger partial charge in [-0.05, 0) is 43.2 Å². The third-order valence-corrected chi connectivity index (χ3v) is 4.30. The van der Waals surface area contributed by atoms with Crippen molar-refractivity contribution < 1.29 is 0 Å². The first kappa shape index (κ1) is 14.6. The van der Waals surface area contributed by atoms with Crippen LogP contribution in [-0.4, -0.2) is 10.2 Å². The summed E-state index contributed by atoms with van der Waals surface area (Å²) >= 11 is 18.5. The lowest BCUT2D eigenvalue weighted by Gasteiger charge is -2.12. The topological polar surface area (TPSA) is 25.8 Å². The summed E-state index contributed by atoms with van der Waals surface area (Å²) < 4.78 is 0. The molecule has 0 N–H and O–H groups in total. The summed E-state index contributed by atoms with van der Waals surface area (Å²) in [4.78, 5) is 0. The summed E-state index contributed by atoms with van der Waals surface area (Å²) in [5.74, 6) is 0. The Morgan fingerprint density at radius 3 is 2.14 bits per heavy atom. The first-order chi connectivity index (χ1) is 9.99. The van der Waals surface area contributed by atoms with Crippen LogP contribution in [0.1, 0.15) is 11.1 Å². The van der Waals surface area contributed by atoms with Crippen LogP contribution in [0.3, 0.4) is 0 Å². The fourth-order valence-electron chi connectivity index (χ4n) is 2.45. The van der Waals surface area contributed by atoms with Crippen molar-refractivity contribution in [1.82, 2.24) is 10.2 Å². The maximum atomic E-state index is 6.31. The van der Waals surface area contributed by atoms with E-state index in [1.807, 2.05) is 32.0 Å². The fraction of sp³-hybridized carbons (Fsp3) is 0.125. The number of aromatic nitrogens is 2. The number of hydrogen-bond acceptors (Lipinski definition) is 2. The van der Waals surface area contributed by atoms with Crippen LogP contribution in [0, 0.1) is 13.8 Å². The minimum atomic E-state index is 0.403. The summed E-state index contributed by atoms with van der Waals surface area (Å²) in [5, 5.41) is 11.7. The molecule has 0 aliphatic rings. The van der Waals surface area contributed by atoms with Gasteiger partial charge in [-0.15, -0.1) is 10.2 Å². The molecule has 0 radical (unpaired) electrons. The Balaban J connectivity index is 2.44. The van der Waals surface area contributed by atoms with Gasteiger partial charge in [-0.1, -0.05) is 46.9 Å². The van der Waals surface area contributed by atoms with Crippen LogP contribution in [0.5, 0.6) is 0 Å². The highest BCUT2D eigenvalue weighted by atomic mass is 35.5. The summed E-state index contributed by atoms with van der Waals surface area (Å²) in [6.07, 6.45) is 0. The Morgan fingerprint density at radius 1 is 0.810 bits per heavy atom. The molecule has 1 aromatic heterocycles. The molecular weight excluding hydrogens is 327 g/mol. The Kier molecular flexibility index (Phi) is 3.78. The van der Waals surface area contributed by atoms with Gasteiger partial charge in [-0.2, -0.15) is 0 Å². The van der Waals surface area contributed by atoms with E-state index in [-0.39, 0.29) is 0 Å². The van der Waals surface area contributed by atoms with E-state index in [2.05, 4.69) is 10.2 Å². The maximum absolute atomic E-state index is 6.31. The molecule has 3 aromatic rings. The number of halogens is 3. The SMILES string of the molecule is Cc1ccc(C)c2c(-c3ccc(Cl)cc3Cl)nnc(Cl)c12. The highest BCUT2D eigenvalue weighted by molar-refractivity contribution is 6.37. The molecule has 0 saturated carbocycles. The van der Waals surface area contributed by atoms with Gasteiger partial charge in [0, 0.05) is 21.4 Å². The Labute approximate surface area is 137 Å². The van der Waals surface area contributed by atoms with E-state index in [4.69, 9.17) is 34.8 Å². The van der Waals surface area contributed by atoms with E-state index >= 15 is 0 Å². The van der Waals surface area contributed by atoms with Crippen molar-refractivity contribution in [3.63, 3.8) is 0 Å². The summed E-state index contributed by atoms with van der Waals surface area (Å²) in [6.45, 7) is 4.02. The van der Waals surface area contributed by atoms with Crippen molar-refractivity contribution >= 4 is 45.6 Å². The molecule has 0 atom stereocenters. The molecule has 106 valence electrons. The van der Waals surface area contributed by atoms with Crippen LogP contribution in [0.25, 0.3) is 22.0 Å². The van der Waals surface area contributed by atoms with Crippen LogP contribution < -0.4 is 0 Å². The number of hydrogen-bond donors (Lipinski definition) is 0. The fourth-order valence-corrected chi connectivity index (χ4v) is 3.23. The van der Waals surface area contributed by atoms with Crippen molar-refractivity contribution in [2.75, 3.05) is 0 Å². The van der Waals surface area contributed by atoms with Crippen LogP contribution in [0.15, 0.2) is 30.3 Å². The van der Waals surface area contributed by atoms with E-state index in [0.717, 1.165) is 33.2 Å². The van der Waals surface area contributed by atoms with Crippen molar-refractivity contribution in [3.8, 4) is 11.3 Å². The highest BCUT2D eigenvalue weighted by Gasteiger charge is 2.16. The van der Waals surface area contributed by atoms with Crippen LogP contribution in [0.4, 0.5) is 0 Å². The second kappa shape index (κ2) is 5.45. The molecule has 2 aromatic carbocycles. The minimum absolute atomic E-state index is 0.403. The van der Waals surface area contributed by atoms with Gasteiger partial charge < -0.3 is 0 Å². The lowest BCUT2D eigenvalue weighted by Crippen LogP contribution is -1.96. The molecule has 0 saturated heterocycles. The normalized spacial score (nSPS) is 11.1. The summed E-state index contributed by atoms with van der Waals surface area (Å²) in [7, 11) is 0. The van der Waals surface area contributed by atoms with Gasteiger partial charge in [0.1, 0.15) is 5.69 Å². The van der Waals surface area contributed by atoms with Crippen molar-refractivity contribution in [1.29, 1.82) is 0 Å². The minimum Gasteiger partial charge on any atom is -0.148 e. The molecule has 0 aliphatic carbocycles. The zero-order valence-electron chi connectivity index (χ0n) is 11.4. The largest absolute Gasteiger partial charge is 0.159 e. The molecular formula is C16H11Cl3N2. The van der Waals surface area contributed by atoms with Gasteiger partial charge >= 0.3 is 0 Å². The van der Waals surface area contributed by atoms with Crippen LogP contribution in [0.2, 0.25) is 15.2 Å². The van der Waals surface area contributed by atoms with Crippen molar-refractivity contribution in [2.45, 2.75) is 13.8 Å². The molecule has 5 heteroatoms. The van der Waals surface area contributed by atoms with Gasteiger partial charge in [0.15, 0.2) is 5.15 Å². The average molecular weight is 338 g/mol. The van der Waals surface area contributed by atoms with E-state index in [1.54, 1.807) is 12.1 Å². The number of nitrogens with zero attached hydrogens (tertiary/aromatic N) is 2. The highest BCUT2D eigenvalue weighted by Crippen LogP contribution is 2.37. The number of fused-ring (bicyclic) bond motifs is 1. The maximum Gasteiger partial charge on any atom is 0.159 e. The lowest BCUT2D eigenvalue weighted by atomic mass is 9.98. The van der Waals surface area contributed by atoms with Crippen LogP contribution in [-0.2, 0) is 0 Å². The second-order valence-electron chi connectivity index (χ2n) is 4.91. The Morgan fingerprint density at radius 2 is 1.48 bits per heavy atom. The third-order valence-electron chi connectivity index (χ3n) is 3.49. The molecule has 0 fully saturated rings.